The van der Waals surface area contributed by atoms with Crippen molar-refractivity contribution in [3.05, 3.63) is 44.0 Å². The average molecular weight is 667 g/mol. The van der Waals surface area contributed by atoms with E-state index in [4.69, 9.17) is 4.74 Å². The van der Waals surface area contributed by atoms with Gasteiger partial charge in [0.25, 0.3) is 0 Å². The molecule has 0 radical (unpaired) electrons. The molecule has 176 valence electrons. The number of alkyl halides is 6. The van der Waals surface area contributed by atoms with Gasteiger partial charge < -0.3 is 4.74 Å². The lowest BCUT2D eigenvalue weighted by Crippen LogP contribution is -2.19. The molecule has 0 bridgehead atoms. The highest BCUT2D eigenvalue weighted by Gasteiger charge is 2.31. The van der Waals surface area contributed by atoms with Gasteiger partial charge in [0, 0.05) is 6.07 Å². The first-order chi connectivity index (χ1) is 14.6. The van der Waals surface area contributed by atoms with Crippen LogP contribution in [0.1, 0.15) is 0 Å². The monoisotopic (exact) mass is 664 g/mol. The van der Waals surface area contributed by atoms with Crippen molar-refractivity contribution in [2.45, 2.75) is 25.4 Å². The van der Waals surface area contributed by atoms with E-state index in [9.17, 15) is 35.1 Å². The minimum absolute atomic E-state index is 0.0479. The van der Waals surface area contributed by atoms with Crippen molar-refractivity contribution in [1.29, 1.82) is 0 Å². The van der Waals surface area contributed by atoms with E-state index in [1.165, 1.54) is 0 Å². The molecule has 0 spiro atoms. The highest BCUT2D eigenvalue weighted by molar-refractivity contribution is 9.11. The number of halogens is 11. The molecule has 7 nitrogen and oxygen atoms in total. The van der Waals surface area contributed by atoms with E-state index >= 15 is 0 Å². The number of rotatable bonds is 4. The third-order valence-corrected chi connectivity index (χ3v) is 4.23. The SMILES string of the molecule is FC(F)(F)Cn1nc(Br)nc1Br.Fc1ccc(Oc2nc(Br)nn2CC(F)(F)F)cc1F. The second-order valence-corrected chi connectivity index (χ2v) is 7.66. The van der Waals surface area contributed by atoms with Gasteiger partial charge in [-0.2, -0.15) is 36.3 Å². The van der Waals surface area contributed by atoms with E-state index < -0.39 is 43.1 Å². The van der Waals surface area contributed by atoms with Gasteiger partial charge in [-0.3, -0.25) is 0 Å². The fourth-order valence-electron chi connectivity index (χ4n) is 1.86. The summed E-state index contributed by atoms with van der Waals surface area (Å²) < 4.78 is 104. The molecule has 2 heterocycles. The normalized spacial score (nSPS) is 11.8. The average Bonchev–Trinajstić information content (AvgIpc) is 3.09. The first kappa shape index (κ1) is 26.4. The van der Waals surface area contributed by atoms with Crippen LogP contribution in [-0.2, 0) is 13.1 Å². The van der Waals surface area contributed by atoms with Crippen molar-refractivity contribution < 1.29 is 39.9 Å². The number of aromatic nitrogens is 6. The minimum Gasteiger partial charge on any atom is -0.424 e. The highest BCUT2D eigenvalue weighted by Crippen LogP contribution is 2.26. The predicted molar refractivity (Wildman–Crippen MR) is 102 cm³/mol. The van der Waals surface area contributed by atoms with Crippen molar-refractivity contribution in [3.8, 4) is 11.8 Å². The largest absolute Gasteiger partial charge is 0.424 e. The topological polar surface area (TPSA) is 70.7 Å². The Balaban J connectivity index is 0.000000258. The quantitative estimate of drug-likeness (QED) is 0.318. The lowest BCUT2D eigenvalue weighted by atomic mass is 10.3. The third-order valence-electron chi connectivity index (χ3n) is 2.97. The summed E-state index contributed by atoms with van der Waals surface area (Å²) in [5.41, 5.74) is 0. The molecule has 1 aromatic carbocycles. The van der Waals surface area contributed by atoms with E-state index in [-0.39, 0.29) is 20.0 Å². The van der Waals surface area contributed by atoms with Gasteiger partial charge in [-0.05, 0) is 59.9 Å². The maximum atomic E-state index is 13.0. The van der Waals surface area contributed by atoms with Crippen LogP contribution in [0.2, 0.25) is 0 Å². The molecule has 0 unspecified atom stereocenters. The van der Waals surface area contributed by atoms with Crippen molar-refractivity contribution in [2.75, 3.05) is 0 Å². The molecule has 0 aliphatic rings. The fourth-order valence-corrected chi connectivity index (χ4v) is 3.18. The van der Waals surface area contributed by atoms with Crippen molar-refractivity contribution in [1.82, 2.24) is 29.5 Å². The summed E-state index contributed by atoms with van der Waals surface area (Å²) >= 11 is 8.48. The Bertz CT molecular complexity index is 1070. The first-order valence-corrected chi connectivity index (χ1v) is 10.1. The molecule has 3 rings (SSSR count). The molecule has 0 aliphatic heterocycles. The Morgan fingerprint density at radius 3 is 1.81 bits per heavy atom. The zero-order valence-corrected chi connectivity index (χ0v) is 19.7. The van der Waals surface area contributed by atoms with Gasteiger partial charge in [0.2, 0.25) is 9.47 Å². The zero-order chi connectivity index (χ0) is 24.3. The van der Waals surface area contributed by atoms with E-state index in [0.717, 1.165) is 12.1 Å². The molecular formula is C14H7Br3F8N6O. The second kappa shape index (κ2) is 10.4. The van der Waals surface area contributed by atoms with Crippen LogP contribution in [0.3, 0.4) is 0 Å². The number of hydrogen-bond acceptors (Lipinski definition) is 5. The van der Waals surface area contributed by atoms with Crippen LogP contribution in [0.5, 0.6) is 11.8 Å². The molecule has 0 aliphatic carbocycles. The van der Waals surface area contributed by atoms with E-state index in [1.54, 1.807) is 0 Å². The maximum absolute atomic E-state index is 13.0. The lowest BCUT2D eigenvalue weighted by molar-refractivity contribution is -0.144. The molecule has 0 amide bonds. The van der Waals surface area contributed by atoms with Crippen LogP contribution in [0, 0.1) is 11.6 Å². The summed E-state index contributed by atoms with van der Waals surface area (Å²) in [7, 11) is 0. The van der Waals surface area contributed by atoms with Crippen molar-refractivity contribution in [2.24, 2.45) is 0 Å². The zero-order valence-electron chi connectivity index (χ0n) is 14.9. The third kappa shape index (κ3) is 8.61. The highest BCUT2D eigenvalue weighted by atomic mass is 79.9. The first-order valence-electron chi connectivity index (χ1n) is 7.75. The minimum atomic E-state index is -4.53. The fraction of sp³-hybridized carbons (Fsp3) is 0.286. The molecule has 0 fully saturated rings. The van der Waals surface area contributed by atoms with Crippen molar-refractivity contribution in [3.63, 3.8) is 0 Å². The van der Waals surface area contributed by atoms with Gasteiger partial charge in [-0.1, -0.05) is 0 Å². The standard InChI is InChI=1S/C10H5BrF5N3O.C4H2Br2F3N3/c11-8-17-9(19(18-8)4-10(14,15)16)20-5-1-2-6(12)7(13)3-5;5-2-10-3(6)12(11-2)1-4(7,8)9/h1-3H,4H2;1H2. The summed E-state index contributed by atoms with van der Waals surface area (Å²) in [4.78, 5) is 7.15. The Morgan fingerprint density at radius 1 is 0.781 bits per heavy atom. The van der Waals surface area contributed by atoms with Gasteiger partial charge in [0.15, 0.2) is 16.4 Å². The number of benzene rings is 1. The number of ether oxygens (including phenoxy) is 1. The molecule has 0 saturated heterocycles. The molecule has 32 heavy (non-hydrogen) atoms. The molecular weight excluding hydrogens is 660 g/mol. The molecule has 0 atom stereocenters. The van der Waals surface area contributed by atoms with Crippen LogP contribution >= 0.6 is 47.8 Å². The molecule has 3 aromatic rings. The number of nitrogens with zero attached hydrogens (tertiary/aromatic N) is 6. The Hall–Kier alpha value is -1.82. The summed E-state index contributed by atoms with van der Waals surface area (Å²) in [5.74, 6) is -2.49. The van der Waals surface area contributed by atoms with Crippen LogP contribution in [-0.4, -0.2) is 41.9 Å². The molecule has 0 N–H and O–H groups in total. The van der Waals surface area contributed by atoms with Gasteiger partial charge in [0.1, 0.15) is 18.8 Å². The summed E-state index contributed by atoms with van der Waals surface area (Å²) in [6.07, 6.45) is -8.81. The number of hydrogen-bond donors (Lipinski definition) is 0. The van der Waals surface area contributed by atoms with Crippen LogP contribution in [0.25, 0.3) is 0 Å². The predicted octanol–water partition coefficient (Wildman–Crippen LogP) is 6.04. The second-order valence-electron chi connectivity index (χ2n) is 5.54. The van der Waals surface area contributed by atoms with Crippen LogP contribution in [0.15, 0.2) is 32.4 Å². The molecule has 18 heteroatoms. The maximum Gasteiger partial charge on any atom is 0.408 e. The van der Waals surface area contributed by atoms with Gasteiger partial charge in [0.05, 0.1) is 0 Å². The van der Waals surface area contributed by atoms with Gasteiger partial charge in [-0.15, -0.1) is 10.2 Å². The smallest absolute Gasteiger partial charge is 0.408 e. The van der Waals surface area contributed by atoms with Crippen LogP contribution < -0.4 is 4.74 Å². The Morgan fingerprint density at radius 2 is 1.31 bits per heavy atom. The van der Waals surface area contributed by atoms with Gasteiger partial charge >= 0.3 is 18.4 Å². The Kier molecular flexibility index (Phi) is 8.60. The van der Waals surface area contributed by atoms with Crippen LogP contribution in [0.4, 0.5) is 35.1 Å². The van der Waals surface area contributed by atoms with Crippen molar-refractivity contribution >= 4 is 47.8 Å². The molecule has 0 saturated carbocycles. The van der Waals surface area contributed by atoms with E-state index in [1.807, 2.05) is 0 Å². The molecule has 2 aromatic heterocycles. The van der Waals surface area contributed by atoms with E-state index in [2.05, 4.69) is 68.0 Å². The van der Waals surface area contributed by atoms with E-state index in [0.29, 0.717) is 15.4 Å². The lowest BCUT2D eigenvalue weighted by Gasteiger charge is -2.09. The van der Waals surface area contributed by atoms with Gasteiger partial charge in [-0.25, -0.2) is 18.1 Å². The summed E-state index contributed by atoms with van der Waals surface area (Å²) in [5, 5.41) is 6.89. The summed E-state index contributed by atoms with van der Waals surface area (Å²) in [6, 6.07) is 2.03. The summed E-state index contributed by atoms with van der Waals surface area (Å²) in [6.45, 7) is -2.57. The Labute approximate surface area is 198 Å².